The summed E-state index contributed by atoms with van der Waals surface area (Å²) in [4.78, 5) is 16.4. The number of nitrogens with one attached hydrogen (secondary N) is 1. The van der Waals surface area contributed by atoms with Gasteiger partial charge in [-0.1, -0.05) is 6.07 Å². The lowest BCUT2D eigenvalue weighted by molar-refractivity contribution is -0.119. The molecule has 146 valence electrons. The highest BCUT2D eigenvalue weighted by atomic mass is 35.5. The zero-order valence-electron chi connectivity index (χ0n) is 15.6. The van der Waals surface area contributed by atoms with Crippen molar-refractivity contribution in [2.45, 2.75) is 50.7 Å². The van der Waals surface area contributed by atoms with Crippen LogP contribution < -0.4 is 15.0 Å². The number of fused-ring (bicyclic) bond motifs is 2. The zero-order chi connectivity index (χ0) is 17.9. The summed E-state index contributed by atoms with van der Waals surface area (Å²) >= 11 is 1.70. The first-order chi connectivity index (χ1) is 12.7. The Morgan fingerprint density at radius 2 is 1.89 bits per heavy atom. The number of amides is 1. The second-order valence-electron chi connectivity index (χ2n) is 7.44. The fourth-order valence-electron chi connectivity index (χ4n) is 4.34. The van der Waals surface area contributed by atoms with Gasteiger partial charge in [0.05, 0.1) is 13.7 Å². The number of piperidine rings is 1. The van der Waals surface area contributed by atoms with Crippen LogP contribution in [0.15, 0.2) is 41.8 Å². The lowest BCUT2D eigenvalue weighted by Crippen LogP contribution is -2.40. The van der Waals surface area contributed by atoms with Crippen LogP contribution in [0.4, 0.5) is 5.69 Å². The Labute approximate surface area is 171 Å². The Kier molecular flexibility index (Phi) is 6.79. The number of nitrogens with zero attached hydrogens (tertiary/aromatic N) is 1. The van der Waals surface area contributed by atoms with Crippen molar-refractivity contribution < 1.29 is 9.53 Å². The average Bonchev–Trinajstić information content (AvgIpc) is 3.29. The predicted molar refractivity (Wildman–Crippen MR) is 113 cm³/mol. The van der Waals surface area contributed by atoms with E-state index >= 15 is 0 Å². The van der Waals surface area contributed by atoms with E-state index in [9.17, 15) is 4.79 Å². The molecule has 1 aromatic heterocycles. The summed E-state index contributed by atoms with van der Waals surface area (Å²) in [6, 6.07) is 13.2. The smallest absolute Gasteiger partial charge is 0.227 e. The molecular formula is C21H27ClN2O2S. The number of anilines is 1. The Hall–Kier alpha value is -1.56. The second kappa shape index (κ2) is 9.09. The van der Waals surface area contributed by atoms with Gasteiger partial charge in [0.1, 0.15) is 5.75 Å². The van der Waals surface area contributed by atoms with E-state index in [0.717, 1.165) is 24.3 Å². The molecule has 2 saturated heterocycles. The minimum absolute atomic E-state index is 0. The normalized spacial score (nSPS) is 23.5. The van der Waals surface area contributed by atoms with Crippen LogP contribution in [0.1, 0.15) is 37.0 Å². The summed E-state index contributed by atoms with van der Waals surface area (Å²) in [5.41, 5.74) is 0.945. The molecule has 2 unspecified atom stereocenters. The van der Waals surface area contributed by atoms with Crippen LogP contribution in [-0.2, 0) is 11.3 Å². The molecule has 27 heavy (non-hydrogen) atoms. The molecule has 2 aromatic rings. The molecule has 0 radical (unpaired) electrons. The van der Waals surface area contributed by atoms with Crippen LogP contribution in [0.2, 0.25) is 0 Å². The van der Waals surface area contributed by atoms with Gasteiger partial charge >= 0.3 is 0 Å². The minimum Gasteiger partial charge on any atom is -0.497 e. The van der Waals surface area contributed by atoms with Crippen LogP contribution in [0.5, 0.6) is 5.75 Å². The maximum atomic E-state index is 13.2. The van der Waals surface area contributed by atoms with Crippen LogP contribution >= 0.6 is 23.7 Å². The number of halogens is 1. The highest BCUT2D eigenvalue weighted by Crippen LogP contribution is 2.34. The summed E-state index contributed by atoms with van der Waals surface area (Å²) in [5.74, 6) is 1.55. The van der Waals surface area contributed by atoms with Crippen molar-refractivity contribution in [2.75, 3.05) is 12.0 Å². The summed E-state index contributed by atoms with van der Waals surface area (Å²) in [5, 5.41) is 5.73. The Morgan fingerprint density at radius 1 is 1.19 bits per heavy atom. The van der Waals surface area contributed by atoms with Gasteiger partial charge in [-0.15, -0.1) is 23.7 Å². The molecule has 0 saturated carbocycles. The Balaban J connectivity index is 0.00000210. The van der Waals surface area contributed by atoms with E-state index < -0.39 is 0 Å². The van der Waals surface area contributed by atoms with E-state index in [1.54, 1.807) is 18.4 Å². The van der Waals surface area contributed by atoms with Crippen molar-refractivity contribution >= 4 is 35.3 Å². The van der Waals surface area contributed by atoms with Crippen molar-refractivity contribution in [3.63, 3.8) is 0 Å². The molecule has 2 bridgehead atoms. The SMILES string of the molecule is COc1ccc(N(Cc2cccs2)C(=O)CC2CC3CCC(C2)N3)cc1.Cl. The molecule has 2 fully saturated rings. The topological polar surface area (TPSA) is 41.6 Å². The standard InChI is InChI=1S/C21H26N2O2S.ClH/c1-25-19-8-6-18(7-9-19)23(14-20-3-2-10-26-20)21(24)13-15-11-16-4-5-17(12-15)22-16;/h2-3,6-10,15-17,22H,4-5,11-14H2,1H3;1H. The number of methoxy groups -OCH3 is 1. The van der Waals surface area contributed by atoms with E-state index in [2.05, 4.69) is 16.8 Å². The average molecular weight is 407 g/mol. The molecule has 4 rings (SSSR count). The number of hydrogen-bond donors (Lipinski definition) is 1. The van der Waals surface area contributed by atoms with E-state index in [1.807, 2.05) is 35.2 Å². The number of carbonyl (C=O) groups excluding carboxylic acids is 1. The molecule has 0 aliphatic carbocycles. The zero-order valence-corrected chi connectivity index (χ0v) is 17.2. The molecular weight excluding hydrogens is 380 g/mol. The monoisotopic (exact) mass is 406 g/mol. The third-order valence-electron chi connectivity index (χ3n) is 5.61. The summed E-state index contributed by atoms with van der Waals surface area (Å²) < 4.78 is 5.26. The minimum atomic E-state index is 0. The molecule has 2 atom stereocenters. The first kappa shape index (κ1) is 20.2. The first-order valence-electron chi connectivity index (χ1n) is 9.44. The number of hydrogen-bond acceptors (Lipinski definition) is 4. The van der Waals surface area contributed by atoms with Gasteiger partial charge in [0.25, 0.3) is 0 Å². The van der Waals surface area contributed by atoms with Gasteiger partial charge in [0.2, 0.25) is 5.91 Å². The molecule has 2 aliphatic heterocycles. The predicted octanol–water partition coefficient (Wildman–Crippen LogP) is 4.63. The van der Waals surface area contributed by atoms with Gasteiger partial charge in [-0.2, -0.15) is 0 Å². The third kappa shape index (κ3) is 4.84. The summed E-state index contributed by atoms with van der Waals surface area (Å²) in [6.07, 6.45) is 5.46. The number of rotatable bonds is 6. The molecule has 1 aromatic carbocycles. The molecule has 3 heterocycles. The van der Waals surface area contributed by atoms with Gasteiger partial charge in [0.15, 0.2) is 0 Å². The fourth-order valence-corrected chi connectivity index (χ4v) is 5.04. The number of benzene rings is 1. The van der Waals surface area contributed by atoms with Crippen LogP contribution in [-0.4, -0.2) is 25.1 Å². The van der Waals surface area contributed by atoms with E-state index in [-0.39, 0.29) is 18.3 Å². The van der Waals surface area contributed by atoms with Gasteiger partial charge < -0.3 is 15.0 Å². The van der Waals surface area contributed by atoms with Crippen molar-refractivity contribution in [2.24, 2.45) is 5.92 Å². The maximum absolute atomic E-state index is 13.2. The van der Waals surface area contributed by atoms with Crippen LogP contribution in [0.25, 0.3) is 0 Å². The van der Waals surface area contributed by atoms with E-state index in [4.69, 9.17) is 4.74 Å². The highest BCUT2D eigenvalue weighted by Gasteiger charge is 2.35. The molecule has 0 spiro atoms. The number of carbonyl (C=O) groups is 1. The van der Waals surface area contributed by atoms with Gasteiger partial charge in [-0.05, 0) is 67.3 Å². The Morgan fingerprint density at radius 3 is 2.48 bits per heavy atom. The lowest BCUT2D eigenvalue weighted by Gasteiger charge is -2.31. The van der Waals surface area contributed by atoms with Gasteiger partial charge in [-0.3, -0.25) is 4.79 Å². The first-order valence-corrected chi connectivity index (χ1v) is 10.3. The molecule has 1 N–H and O–H groups in total. The summed E-state index contributed by atoms with van der Waals surface area (Å²) in [6.45, 7) is 0.640. The molecule has 1 amide bonds. The number of ether oxygens (including phenoxy) is 1. The van der Waals surface area contributed by atoms with Crippen LogP contribution in [0, 0.1) is 5.92 Å². The van der Waals surface area contributed by atoms with E-state index in [1.165, 1.54) is 17.7 Å². The van der Waals surface area contributed by atoms with Gasteiger partial charge in [0, 0.05) is 29.1 Å². The van der Waals surface area contributed by atoms with Crippen molar-refractivity contribution in [1.29, 1.82) is 0 Å². The van der Waals surface area contributed by atoms with Crippen molar-refractivity contribution in [3.05, 3.63) is 46.7 Å². The third-order valence-corrected chi connectivity index (χ3v) is 6.47. The molecule has 4 nitrogen and oxygen atoms in total. The number of thiophene rings is 1. The summed E-state index contributed by atoms with van der Waals surface area (Å²) in [7, 11) is 1.66. The van der Waals surface area contributed by atoms with Crippen molar-refractivity contribution in [1.82, 2.24) is 5.32 Å². The van der Waals surface area contributed by atoms with Crippen LogP contribution in [0.3, 0.4) is 0 Å². The molecule has 6 heteroatoms. The largest absolute Gasteiger partial charge is 0.497 e. The second-order valence-corrected chi connectivity index (χ2v) is 8.47. The molecule has 2 aliphatic rings. The fraction of sp³-hybridized carbons (Fsp3) is 0.476. The van der Waals surface area contributed by atoms with E-state index in [0.29, 0.717) is 31.0 Å². The maximum Gasteiger partial charge on any atom is 0.227 e. The Bertz CT molecular complexity index is 723. The quantitative estimate of drug-likeness (QED) is 0.760. The van der Waals surface area contributed by atoms with Gasteiger partial charge in [-0.25, -0.2) is 0 Å². The lowest BCUT2D eigenvalue weighted by atomic mass is 9.89. The van der Waals surface area contributed by atoms with Crippen molar-refractivity contribution in [3.8, 4) is 5.75 Å². The highest BCUT2D eigenvalue weighted by molar-refractivity contribution is 7.09.